The van der Waals surface area contributed by atoms with E-state index < -0.39 is 0 Å². The van der Waals surface area contributed by atoms with Gasteiger partial charge in [-0.2, -0.15) is 0 Å². The molecule has 0 fully saturated rings. The second-order valence-corrected chi connectivity index (χ2v) is 6.20. The van der Waals surface area contributed by atoms with Gasteiger partial charge >= 0.3 is 0 Å². The highest BCUT2D eigenvalue weighted by molar-refractivity contribution is 5.67. The van der Waals surface area contributed by atoms with Crippen molar-refractivity contribution < 1.29 is 9.84 Å². The molecule has 0 amide bonds. The van der Waals surface area contributed by atoms with Gasteiger partial charge in [0.2, 0.25) is 0 Å². The zero-order valence-electron chi connectivity index (χ0n) is 15.0. The fourth-order valence-electron chi connectivity index (χ4n) is 2.93. The minimum Gasteiger partial charge on any atom is -0.504 e. The van der Waals surface area contributed by atoms with Gasteiger partial charge in [-0.05, 0) is 26.0 Å². The summed E-state index contributed by atoms with van der Waals surface area (Å²) in [5, 5.41) is 10.5. The Morgan fingerprint density at radius 1 is 1.28 bits per heavy atom. The van der Waals surface area contributed by atoms with Crippen LogP contribution in [0.2, 0.25) is 0 Å². The fraction of sp³-hybridized carbons (Fsp3) is 0.400. The van der Waals surface area contributed by atoms with Gasteiger partial charge in [-0.15, -0.1) is 5.92 Å². The smallest absolute Gasteiger partial charge is 0.165 e. The molecule has 1 aromatic carbocycles. The van der Waals surface area contributed by atoms with Crippen molar-refractivity contribution in [3.05, 3.63) is 35.3 Å². The van der Waals surface area contributed by atoms with Crippen LogP contribution in [0.4, 0.5) is 0 Å². The Balaban J connectivity index is 1.97. The molecule has 0 atom stereocenters. The highest BCUT2D eigenvalue weighted by atomic mass is 16.5. The summed E-state index contributed by atoms with van der Waals surface area (Å²) < 4.78 is 5.78. The van der Waals surface area contributed by atoms with Crippen LogP contribution in [-0.2, 0) is 6.54 Å². The van der Waals surface area contributed by atoms with Gasteiger partial charge in [-0.1, -0.05) is 12.8 Å². The fourth-order valence-corrected chi connectivity index (χ4v) is 2.93. The first-order chi connectivity index (χ1) is 12.1. The summed E-state index contributed by atoms with van der Waals surface area (Å²) in [5.41, 5.74) is 4.29. The van der Waals surface area contributed by atoms with Gasteiger partial charge in [0, 0.05) is 36.8 Å². The van der Waals surface area contributed by atoms with Gasteiger partial charge in [0.25, 0.3) is 0 Å². The third-order valence-corrected chi connectivity index (χ3v) is 4.15. The van der Waals surface area contributed by atoms with E-state index in [4.69, 9.17) is 4.74 Å². The first kappa shape index (κ1) is 17.2. The highest BCUT2D eigenvalue weighted by Gasteiger charge is 2.20. The lowest BCUT2D eigenvalue weighted by Crippen LogP contribution is -2.26. The Morgan fingerprint density at radius 2 is 2.12 bits per heavy atom. The van der Waals surface area contributed by atoms with E-state index in [0.717, 1.165) is 41.2 Å². The number of aryl methyl sites for hydroxylation is 2. The SMILES string of the molecule is CCC#CCN1CCOc2c(O)cc(-c3nc(C)cnc3C)cc2C1. The van der Waals surface area contributed by atoms with Crippen molar-refractivity contribution >= 4 is 0 Å². The maximum Gasteiger partial charge on any atom is 0.165 e. The van der Waals surface area contributed by atoms with Crippen LogP contribution in [0, 0.1) is 25.7 Å². The molecular weight excluding hydrogens is 314 g/mol. The molecule has 5 heteroatoms. The maximum absolute atomic E-state index is 10.5. The normalized spacial score (nSPS) is 14.0. The van der Waals surface area contributed by atoms with Crippen LogP contribution in [-0.4, -0.2) is 39.7 Å². The number of hydrogen-bond acceptors (Lipinski definition) is 5. The first-order valence-corrected chi connectivity index (χ1v) is 8.56. The number of aromatic hydroxyl groups is 1. The van der Waals surface area contributed by atoms with Gasteiger partial charge in [0.05, 0.1) is 23.6 Å². The van der Waals surface area contributed by atoms with Crippen LogP contribution in [0.5, 0.6) is 11.5 Å². The topological polar surface area (TPSA) is 58.5 Å². The Hall–Kier alpha value is -2.58. The van der Waals surface area contributed by atoms with Gasteiger partial charge in [-0.25, -0.2) is 4.98 Å². The summed E-state index contributed by atoms with van der Waals surface area (Å²) in [6.45, 7) is 8.59. The molecule has 0 radical (unpaired) electrons. The van der Waals surface area contributed by atoms with Gasteiger partial charge < -0.3 is 9.84 Å². The minimum absolute atomic E-state index is 0.150. The molecular formula is C20H23N3O2. The molecule has 0 unspecified atom stereocenters. The average molecular weight is 337 g/mol. The number of hydrogen-bond donors (Lipinski definition) is 1. The molecule has 0 spiro atoms. The van der Waals surface area contributed by atoms with Crippen molar-refractivity contribution in [2.45, 2.75) is 33.7 Å². The molecule has 0 saturated heterocycles. The lowest BCUT2D eigenvalue weighted by atomic mass is 10.0. The summed E-state index contributed by atoms with van der Waals surface area (Å²) in [5.74, 6) is 6.99. The van der Waals surface area contributed by atoms with Crippen LogP contribution >= 0.6 is 0 Å². The van der Waals surface area contributed by atoms with Crippen LogP contribution in [0.1, 0.15) is 30.3 Å². The molecule has 1 aromatic heterocycles. The predicted octanol–water partition coefficient (Wildman–Crippen LogP) is 3.07. The van der Waals surface area contributed by atoms with E-state index in [1.54, 1.807) is 12.3 Å². The minimum atomic E-state index is 0.150. The molecule has 2 heterocycles. The zero-order valence-corrected chi connectivity index (χ0v) is 15.0. The monoisotopic (exact) mass is 337 g/mol. The van der Waals surface area contributed by atoms with Crippen LogP contribution in [0.15, 0.2) is 18.3 Å². The Morgan fingerprint density at radius 3 is 2.92 bits per heavy atom. The quantitative estimate of drug-likeness (QED) is 0.854. The van der Waals surface area contributed by atoms with Crippen LogP contribution in [0.25, 0.3) is 11.3 Å². The number of nitrogens with zero attached hydrogens (tertiary/aromatic N) is 3. The average Bonchev–Trinajstić information content (AvgIpc) is 2.79. The van der Waals surface area contributed by atoms with Crippen molar-refractivity contribution in [2.24, 2.45) is 0 Å². The number of rotatable bonds is 2. The van der Waals surface area contributed by atoms with Crippen molar-refractivity contribution in [2.75, 3.05) is 19.7 Å². The van der Waals surface area contributed by atoms with Crippen LogP contribution < -0.4 is 4.74 Å². The maximum atomic E-state index is 10.5. The molecule has 5 nitrogen and oxygen atoms in total. The molecule has 0 aliphatic carbocycles. The van der Waals surface area contributed by atoms with Gasteiger partial charge in [-0.3, -0.25) is 9.88 Å². The van der Waals surface area contributed by atoms with Gasteiger partial charge in [0.15, 0.2) is 11.5 Å². The largest absolute Gasteiger partial charge is 0.504 e. The summed E-state index contributed by atoms with van der Waals surface area (Å²) in [6.07, 6.45) is 2.61. The molecule has 0 saturated carbocycles. The van der Waals surface area contributed by atoms with Crippen molar-refractivity contribution in [3.63, 3.8) is 0 Å². The second-order valence-electron chi connectivity index (χ2n) is 6.20. The lowest BCUT2D eigenvalue weighted by molar-refractivity contribution is 0.241. The Kier molecular flexibility index (Phi) is 5.20. The third-order valence-electron chi connectivity index (χ3n) is 4.15. The van der Waals surface area contributed by atoms with Crippen molar-refractivity contribution in [3.8, 4) is 34.6 Å². The number of phenols is 1. The molecule has 1 aliphatic rings. The number of phenolic OH excluding ortho intramolecular Hbond substituents is 1. The summed E-state index contributed by atoms with van der Waals surface area (Å²) in [7, 11) is 0. The van der Waals surface area contributed by atoms with Crippen LogP contribution in [0.3, 0.4) is 0 Å². The second kappa shape index (κ2) is 7.54. The van der Waals surface area contributed by atoms with Crippen molar-refractivity contribution in [1.29, 1.82) is 0 Å². The highest BCUT2D eigenvalue weighted by Crippen LogP contribution is 2.37. The molecule has 0 bridgehead atoms. The van der Waals surface area contributed by atoms with E-state index in [1.807, 2.05) is 26.8 Å². The lowest BCUT2D eigenvalue weighted by Gasteiger charge is -2.16. The summed E-state index contributed by atoms with van der Waals surface area (Å²) >= 11 is 0. The zero-order chi connectivity index (χ0) is 17.8. The molecule has 1 N–H and O–H groups in total. The standard InChI is InChI=1S/C20H23N3O2/c1-4-5-6-7-23-8-9-25-20-17(13-23)10-16(11-18(20)24)19-15(3)21-12-14(2)22-19/h10-12,24H,4,7-9,13H2,1-3H3. The Labute approximate surface area is 148 Å². The summed E-state index contributed by atoms with van der Waals surface area (Å²) in [4.78, 5) is 11.2. The molecule has 25 heavy (non-hydrogen) atoms. The van der Waals surface area contributed by atoms with Crippen molar-refractivity contribution in [1.82, 2.24) is 14.9 Å². The number of fused-ring (bicyclic) bond motifs is 1. The summed E-state index contributed by atoms with van der Waals surface area (Å²) in [6, 6.07) is 3.75. The first-order valence-electron chi connectivity index (χ1n) is 8.56. The molecule has 1 aliphatic heterocycles. The number of ether oxygens (including phenoxy) is 1. The molecule has 2 aromatic rings. The van der Waals surface area contributed by atoms with E-state index >= 15 is 0 Å². The Bertz CT molecular complexity index is 837. The molecule has 130 valence electrons. The van der Waals surface area contributed by atoms with Gasteiger partial charge in [0.1, 0.15) is 6.61 Å². The predicted molar refractivity (Wildman–Crippen MR) is 97.4 cm³/mol. The van der Waals surface area contributed by atoms with E-state index in [2.05, 4.69) is 26.7 Å². The third kappa shape index (κ3) is 3.92. The van der Waals surface area contributed by atoms with E-state index in [-0.39, 0.29) is 5.75 Å². The number of aromatic nitrogens is 2. The van der Waals surface area contributed by atoms with E-state index in [0.29, 0.717) is 25.4 Å². The van der Waals surface area contributed by atoms with E-state index in [9.17, 15) is 5.11 Å². The molecule has 3 rings (SSSR count). The van der Waals surface area contributed by atoms with E-state index in [1.165, 1.54) is 0 Å². The number of benzene rings is 1.